The summed E-state index contributed by atoms with van der Waals surface area (Å²) >= 11 is 0. The second kappa shape index (κ2) is 9.45. The Labute approximate surface area is 143 Å². The number of allylic oxidation sites excluding steroid dienone is 3. The van der Waals surface area contributed by atoms with Crippen molar-refractivity contribution in [2.75, 3.05) is 0 Å². The minimum absolute atomic E-state index is 0.172. The Morgan fingerprint density at radius 1 is 1.00 bits per heavy atom. The van der Waals surface area contributed by atoms with Crippen molar-refractivity contribution in [1.29, 1.82) is 0 Å². The summed E-state index contributed by atoms with van der Waals surface area (Å²) in [4.78, 5) is 11.8. The first-order chi connectivity index (χ1) is 11.1. The average molecular weight is 317 g/mol. The lowest BCUT2D eigenvalue weighted by atomic mass is 9.74. The minimum atomic E-state index is 0.172. The Kier molecular flexibility index (Phi) is 7.59. The van der Waals surface area contributed by atoms with Crippen LogP contribution in [0.4, 0.5) is 0 Å². The van der Waals surface area contributed by atoms with Crippen LogP contribution in [0.1, 0.15) is 78.1 Å². The zero-order valence-corrected chi connectivity index (χ0v) is 15.3. The van der Waals surface area contributed by atoms with Gasteiger partial charge >= 0.3 is 0 Å². The van der Waals surface area contributed by atoms with Gasteiger partial charge in [0, 0.05) is 5.92 Å². The summed E-state index contributed by atoms with van der Waals surface area (Å²) in [5, 5.41) is 0. The van der Waals surface area contributed by atoms with Gasteiger partial charge in [-0.05, 0) is 81.1 Å². The molecule has 0 aromatic carbocycles. The third-order valence-corrected chi connectivity index (χ3v) is 6.42. The number of carbonyl (C=O) groups excluding carboxylic acids is 1. The van der Waals surface area contributed by atoms with Crippen molar-refractivity contribution in [3.05, 3.63) is 24.8 Å². The van der Waals surface area contributed by atoms with Crippen molar-refractivity contribution in [3.63, 3.8) is 0 Å². The summed E-state index contributed by atoms with van der Waals surface area (Å²) in [5.41, 5.74) is 0. The molecule has 0 bridgehead atoms. The molecule has 130 valence electrons. The summed E-state index contributed by atoms with van der Waals surface area (Å²) in [6.07, 6.45) is 20.0. The summed E-state index contributed by atoms with van der Waals surface area (Å²) in [7, 11) is 0. The van der Waals surface area contributed by atoms with Gasteiger partial charge in [-0.3, -0.25) is 4.79 Å². The average Bonchev–Trinajstić information content (AvgIpc) is 2.60. The molecule has 2 fully saturated rings. The Hall–Kier alpha value is -0.850. The Bertz CT molecular complexity index is 392. The first kappa shape index (κ1) is 18.5. The Morgan fingerprint density at radius 3 is 2.00 bits per heavy atom. The van der Waals surface area contributed by atoms with E-state index >= 15 is 0 Å². The van der Waals surface area contributed by atoms with Crippen LogP contribution in [0.15, 0.2) is 24.8 Å². The van der Waals surface area contributed by atoms with Gasteiger partial charge in [0.05, 0.1) is 0 Å². The smallest absolute Gasteiger partial charge is 0.158 e. The van der Waals surface area contributed by atoms with Crippen molar-refractivity contribution in [2.24, 2.45) is 29.6 Å². The molecule has 0 radical (unpaired) electrons. The lowest BCUT2D eigenvalue weighted by Crippen LogP contribution is -2.24. The van der Waals surface area contributed by atoms with Crippen LogP contribution in [0.3, 0.4) is 0 Å². The largest absolute Gasteiger partial charge is 0.295 e. The van der Waals surface area contributed by atoms with Gasteiger partial charge in [0.2, 0.25) is 0 Å². The summed E-state index contributed by atoms with van der Waals surface area (Å²) in [5.74, 6) is 3.57. The molecule has 0 spiro atoms. The first-order valence-corrected chi connectivity index (χ1v) is 9.98. The molecule has 0 N–H and O–H groups in total. The monoisotopic (exact) mass is 316 g/mol. The molecule has 1 unspecified atom stereocenters. The van der Waals surface area contributed by atoms with Crippen LogP contribution < -0.4 is 0 Å². The van der Waals surface area contributed by atoms with E-state index < -0.39 is 0 Å². The second-order valence-electron chi connectivity index (χ2n) is 8.02. The highest BCUT2D eigenvalue weighted by Crippen LogP contribution is 2.36. The van der Waals surface area contributed by atoms with Gasteiger partial charge in [0.25, 0.3) is 0 Å². The quantitative estimate of drug-likeness (QED) is 0.395. The molecule has 2 rings (SSSR count). The highest BCUT2D eigenvalue weighted by atomic mass is 16.1. The van der Waals surface area contributed by atoms with E-state index in [0.717, 1.165) is 17.8 Å². The molecule has 0 aromatic rings. The molecular formula is C22H36O. The highest BCUT2D eigenvalue weighted by molar-refractivity contribution is 5.91. The van der Waals surface area contributed by atoms with Crippen molar-refractivity contribution in [2.45, 2.75) is 78.1 Å². The molecule has 0 heterocycles. The van der Waals surface area contributed by atoms with Crippen LogP contribution in [0.2, 0.25) is 0 Å². The normalized spacial score (nSPS) is 33.5. The number of rotatable bonds is 7. The van der Waals surface area contributed by atoms with E-state index in [1.54, 1.807) is 0 Å². The van der Waals surface area contributed by atoms with E-state index in [2.05, 4.69) is 32.6 Å². The van der Waals surface area contributed by atoms with Gasteiger partial charge in [0.15, 0.2) is 5.78 Å². The molecule has 0 aliphatic heterocycles. The zero-order valence-electron chi connectivity index (χ0n) is 15.3. The predicted octanol–water partition coefficient (Wildman–Crippen LogP) is 6.35. The maximum Gasteiger partial charge on any atom is 0.158 e. The molecule has 0 amide bonds. The van der Waals surface area contributed by atoms with Crippen molar-refractivity contribution < 1.29 is 4.79 Å². The summed E-state index contributed by atoms with van der Waals surface area (Å²) in [6.45, 7) is 8.02. The fourth-order valence-electron chi connectivity index (χ4n) is 4.65. The fourth-order valence-corrected chi connectivity index (χ4v) is 4.65. The minimum Gasteiger partial charge on any atom is -0.295 e. The van der Waals surface area contributed by atoms with Crippen LogP contribution in [0.5, 0.6) is 0 Å². The molecule has 0 aromatic heterocycles. The topological polar surface area (TPSA) is 17.1 Å². The SMILES string of the molecule is C=CC(=O)C(C)C1CCC(C=CC2CCC(CCC)CC2)CC1. The Morgan fingerprint density at radius 2 is 1.52 bits per heavy atom. The van der Waals surface area contributed by atoms with E-state index in [4.69, 9.17) is 0 Å². The van der Waals surface area contributed by atoms with Crippen LogP contribution in [0, 0.1) is 29.6 Å². The van der Waals surface area contributed by atoms with E-state index in [9.17, 15) is 4.79 Å². The fraction of sp³-hybridized carbons (Fsp3) is 0.773. The van der Waals surface area contributed by atoms with E-state index in [1.807, 2.05) is 0 Å². The highest BCUT2D eigenvalue weighted by Gasteiger charge is 2.27. The molecule has 2 aliphatic carbocycles. The van der Waals surface area contributed by atoms with E-state index in [0.29, 0.717) is 5.92 Å². The van der Waals surface area contributed by atoms with E-state index in [-0.39, 0.29) is 11.7 Å². The van der Waals surface area contributed by atoms with Gasteiger partial charge in [-0.25, -0.2) is 0 Å². The van der Waals surface area contributed by atoms with Crippen LogP contribution in [-0.2, 0) is 4.79 Å². The second-order valence-corrected chi connectivity index (χ2v) is 8.02. The van der Waals surface area contributed by atoms with Crippen molar-refractivity contribution in [3.8, 4) is 0 Å². The third kappa shape index (κ3) is 5.62. The lowest BCUT2D eigenvalue weighted by Gasteiger charge is -2.30. The van der Waals surface area contributed by atoms with Gasteiger partial charge in [-0.1, -0.05) is 45.4 Å². The first-order valence-electron chi connectivity index (χ1n) is 9.98. The molecule has 1 atom stereocenters. The maximum atomic E-state index is 11.8. The van der Waals surface area contributed by atoms with Gasteiger partial charge in [-0.15, -0.1) is 0 Å². The van der Waals surface area contributed by atoms with Gasteiger partial charge in [-0.2, -0.15) is 0 Å². The number of ketones is 1. The number of hydrogen-bond acceptors (Lipinski definition) is 1. The molecule has 2 saturated carbocycles. The van der Waals surface area contributed by atoms with Gasteiger partial charge < -0.3 is 0 Å². The van der Waals surface area contributed by atoms with Crippen molar-refractivity contribution >= 4 is 5.78 Å². The predicted molar refractivity (Wildman–Crippen MR) is 99.3 cm³/mol. The molecule has 2 aliphatic rings. The van der Waals surface area contributed by atoms with Crippen LogP contribution >= 0.6 is 0 Å². The van der Waals surface area contributed by atoms with Crippen LogP contribution in [0.25, 0.3) is 0 Å². The zero-order chi connectivity index (χ0) is 16.7. The molecule has 23 heavy (non-hydrogen) atoms. The standard InChI is InChI=1S/C22H36O/c1-4-6-18-7-9-19(10-8-18)11-12-20-13-15-21(16-14-20)17(3)22(23)5-2/h5,11-12,17-21H,2,4,6-10,13-16H2,1,3H3. The maximum absolute atomic E-state index is 11.8. The molecule has 1 nitrogen and oxygen atoms in total. The summed E-state index contributed by atoms with van der Waals surface area (Å²) < 4.78 is 0. The van der Waals surface area contributed by atoms with E-state index in [1.165, 1.54) is 70.3 Å². The van der Waals surface area contributed by atoms with Crippen molar-refractivity contribution in [1.82, 2.24) is 0 Å². The number of carbonyl (C=O) groups is 1. The van der Waals surface area contributed by atoms with Gasteiger partial charge in [0.1, 0.15) is 0 Å². The third-order valence-electron chi connectivity index (χ3n) is 6.42. The number of hydrogen-bond donors (Lipinski definition) is 0. The van der Waals surface area contributed by atoms with Crippen LogP contribution in [-0.4, -0.2) is 5.78 Å². The summed E-state index contributed by atoms with van der Waals surface area (Å²) in [6, 6.07) is 0. The molecule has 0 saturated heterocycles. The molecule has 1 heteroatoms. The Balaban J connectivity index is 1.70. The molecular weight excluding hydrogens is 280 g/mol. The lowest BCUT2D eigenvalue weighted by molar-refractivity contribution is -0.119.